The normalized spacial score (nSPS) is 16.7. The van der Waals surface area contributed by atoms with Gasteiger partial charge >= 0.3 is 6.03 Å². The molecule has 23 heavy (non-hydrogen) atoms. The first-order valence-electron chi connectivity index (χ1n) is 8.14. The zero-order valence-corrected chi connectivity index (χ0v) is 13.3. The van der Waals surface area contributed by atoms with Crippen molar-refractivity contribution in [2.45, 2.75) is 51.1 Å². The fourth-order valence-corrected chi connectivity index (χ4v) is 2.97. The molecule has 2 aromatic rings. The summed E-state index contributed by atoms with van der Waals surface area (Å²) in [6.45, 7) is 1.74. The van der Waals surface area contributed by atoms with Crippen LogP contribution < -0.4 is 10.6 Å². The van der Waals surface area contributed by atoms with Crippen LogP contribution in [0.5, 0.6) is 0 Å². The van der Waals surface area contributed by atoms with Crippen molar-refractivity contribution in [3.63, 3.8) is 0 Å². The standard InChI is InChI=1S/C17H22N4O2/c1-12-20-21-16(23-12)15(13-8-4-2-5-9-13)19-17(22)18-14-10-6-3-7-11-14/h2,4-5,8-9,14-15H,3,6-7,10-11H2,1H3,(H2,18,19,22). The monoisotopic (exact) mass is 314 g/mol. The summed E-state index contributed by atoms with van der Waals surface area (Å²) in [5.41, 5.74) is 0.912. The number of carbonyl (C=O) groups is 1. The Hall–Kier alpha value is -2.37. The van der Waals surface area contributed by atoms with Gasteiger partial charge in [-0.15, -0.1) is 10.2 Å². The second-order valence-electron chi connectivity index (χ2n) is 5.96. The van der Waals surface area contributed by atoms with E-state index in [0.29, 0.717) is 11.8 Å². The molecule has 1 unspecified atom stereocenters. The Morgan fingerprint density at radius 1 is 1.17 bits per heavy atom. The van der Waals surface area contributed by atoms with Gasteiger partial charge in [-0.05, 0) is 18.4 Å². The number of aryl methyl sites for hydroxylation is 1. The second kappa shape index (κ2) is 7.26. The fraction of sp³-hybridized carbons (Fsp3) is 0.471. The Balaban J connectivity index is 1.72. The molecule has 1 aromatic heterocycles. The van der Waals surface area contributed by atoms with Gasteiger partial charge in [0.1, 0.15) is 6.04 Å². The third-order valence-electron chi connectivity index (χ3n) is 4.14. The summed E-state index contributed by atoms with van der Waals surface area (Å²) >= 11 is 0. The molecule has 2 amide bonds. The van der Waals surface area contributed by atoms with Crippen LogP contribution in [0.1, 0.15) is 55.5 Å². The molecule has 6 nitrogen and oxygen atoms in total. The number of hydrogen-bond acceptors (Lipinski definition) is 4. The Morgan fingerprint density at radius 2 is 1.91 bits per heavy atom. The van der Waals surface area contributed by atoms with E-state index in [1.165, 1.54) is 19.3 Å². The van der Waals surface area contributed by atoms with Gasteiger partial charge in [0.05, 0.1) is 0 Å². The molecule has 3 rings (SSSR count). The van der Waals surface area contributed by atoms with Gasteiger partial charge in [-0.3, -0.25) is 0 Å². The van der Waals surface area contributed by atoms with Crippen LogP contribution in [0.4, 0.5) is 4.79 Å². The van der Waals surface area contributed by atoms with Gasteiger partial charge in [0.25, 0.3) is 0 Å². The van der Waals surface area contributed by atoms with Crippen molar-refractivity contribution < 1.29 is 9.21 Å². The Morgan fingerprint density at radius 3 is 2.57 bits per heavy atom. The van der Waals surface area contributed by atoms with Gasteiger partial charge in [0, 0.05) is 13.0 Å². The summed E-state index contributed by atoms with van der Waals surface area (Å²) in [4.78, 5) is 12.4. The second-order valence-corrected chi connectivity index (χ2v) is 5.96. The topological polar surface area (TPSA) is 80.0 Å². The lowest BCUT2D eigenvalue weighted by Crippen LogP contribution is -2.44. The molecule has 1 aliphatic rings. The fourth-order valence-electron chi connectivity index (χ4n) is 2.97. The van der Waals surface area contributed by atoms with Gasteiger partial charge in [0.15, 0.2) is 0 Å². The van der Waals surface area contributed by atoms with E-state index < -0.39 is 6.04 Å². The first kappa shape index (κ1) is 15.5. The first-order valence-corrected chi connectivity index (χ1v) is 8.14. The lowest BCUT2D eigenvalue weighted by molar-refractivity contribution is 0.228. The number of aromatic nitrogens is 2. The molecule has 6 heteroatoms. The molecule has 0 spiro atoms. The maximum atomic E-state index is 12.4. The van der Waals surface area contributed by atoms with Gasteiger partial charge in [-0.1, -0.05) is 49.6 Å². The van der Waals surface area contributed by atoms with Crippen LogP contribution in [0.2, 0.25) is 0 Å². The van der Waals surface area contributed by atoms with Gasteiger partial charge in [0.2, 0.25) is 11.8 Å². The minimum Gasteiger partial charge on any atom is -0.423 e. The molecule has 0 saturated heterocycles. The summed E-state index contributed by atoms with van der Waals surface area (Å²) < 4.78 is 5.53. The number of amides is 2. The minimum atomic E-state index is -0.444. The van der Waals surface area contributed by atoms with Crippen LogP contribution in [-0.4, -0.2) is 22.3 Å². The molecule has 1 aromatic carbocycles. The maximum absolute atomic E-state index is 12.4. The van der Waals surface area contributed by atoms with E-state index in [4.69, 9.17) is 4.42 Å². The molecule has 0 aliphatic heterocycles. The van der Waals surface area contributed by atoms with Crippen LogP contribution in [0.3, 0.4) is 0 Å². The molecule has 1 atom stereocenters. The summed E-state index contributed by atoms with van der Waals surface area (Å²) in [6.07, 6.45) is 5.70. The predicted molar refractivity (Wildman–Crippen MR) is 85.9 cm³/mol. The quantitative estimate of drug-likeness (QED) is 0.908. The van der Waals surface area contributed by atoms with Crippen LogP contribution in [0.25, 0.3) is 0 Å². The molecule has 1 heterocycles. The Kier molecular flexibility index (Phi) is 4.90. The van der Waals surface area contributed by atoms with Crippen molar-refractivity contribution in [2.24, 2.45) is 0 Å². The highest BCUT2D eigenvalue weighted by molar-refractivity contribution is 5.75. The SMILES string of the molecule is Cc1nnc(C(NC(=O)NC2CCCCC2)c2ccccc2)o1. The van der Waals surface area contributed by atoms with E-state index in [1.807, 2.05) is 30.3 Å². The van der Waals surface area contributed by atoms with Crippen molar-refractivity contribution >= 4 is 6.03 Å². The Labute approximate surface area is 135 Å². The molecule has 1 aliphatic carbocycles. The van der Waals surface area contributed by atoms with Crippen molar-refractivity contribution in [1.82, 2.24) is 20.8 Å². The van der Waals surface area contributed by atoms with Crippen LogP contribution >= 0.6 is 0 Å². The maximum Gasteiger partial charge on any atom is 0.315 e. The average molecular weight is 314 g/mol. The van der Waals surface area contributed by atoms with Crippen molar-refractivity contribution in [2.75, 3.05) is 0 Å². The smallest absolute Gasteiger partial charge is 0.315 e. The minimum absolute atomic E-state index is 0.193. The van der Waals surface area contributed by atoms with E-state index in [-0.39, 0.29) is 12.1 Å². The van der Waals surface area contributed by atoms with Crippen LogP contribution in [-0.2, 0) is 0 Å². The van der Waals surface area contributed by atoms with Crippen molar-refractivity contribution in [1.29, 1.82) is 0 Å². The zero-order chi connectivity index (χ0) is 16.1. The Bertz CT molecular complexity index is 635. The van der Waals surface area contributed by atoms with E-state index in [0.717, 1.165) is 18.4 Å². The molecule has 122 valence electrons. The summed E-state index contributed by atoms with van der Waals surface area (Å²) in [6, 6.07) is 9.27. The molecule has 1 fully saturated rings. The summed E-state index contributed by atoms with van der Waals surface area (Å²) in [5.74, 6) is 0.878. The highest BCUT2D eigenvalue weighted by Crippen LogP contribution is 2.21. The first-order chi connectivity index (χ1) is 11.2. The third kappa shape index (κ3) is 4.09. The molecule has 2 N–H and O–H groups in total. The number of hydrogen-bond donors (Lipinski definition) is 2. The lowest BCUT2D eigenvalue weighted by atomic mass is 9.96. The number of rotatable bonds is 4. The van der Waals surface area contributed by atoms with Crippen molar-refractivity contribution in [3.05, 3.63) is 47.7 Å². The average Bonchev–Trinajstić information content (AvgIpc) is 3.00. The van der Waals surface area contributed by atoms with Gasteiger partial charge in [-0.25, -0.2) is 4.79 Å². The summed E-state index contributed by atoms with van der Waals surface area (Å²) in [5, 5.41) is 14.0. The van der Waals surface area contributed by atoms with Crippen LogP contribution in [0, 0.1) is 6.92 Å². The molecular weight excluding hydrogens is 292 g/mol. The molecular formula is C17H22N4O2. The number of nitrogens with one attached hydrogen (secondary N) is 2. The number of benzene rings is 1. The molecule has 0 radical (unpaired) electrons. The lowest BCUT2D eigenvalue weighted by Gasteiger charge is -2.24. The van der Waals surface area contributed by atoms with E-state index in [2.05, 4.69) is 20.8 Å². The van der Waals surface area contributed by atoms with Crippen LogP contribution in [0.15, 0.2) is 34.7 Å². The predicted octanol–water partition coefficient (Wildman–Crippen LogP) is 3.10. The summed E-state index contributed by atoms with van der Waals surface area (Å²) in [7, 11) is 0. The highest BCUT2D eigenvalue weighted by atomic mass is 16.4. The number of carbonyl (C=O) groups excluding carboxylic acids is 1. The number of nitrogens with zero attached hydrogens (tertiary/aromatic N) is 2. The molecule has 1 saturated carbocycles. The highest BCUT2D eigenvalue weighted by Gasteiger charge is 2.24. The van der Waals surface area contributed by atoms with E-state index in [1.54, 1.807) is 6.92 Å². The zero-order valence-electron chi connectivity index (χ0n) is 13.3. The van der Waals surface area contributed by atoms with Gasteiger partial charge in [-0.2, -0.15) is 0 Å². The van der Waals surface area contributed by atoms with Crippen molar-refractivity contribution in [3.8, 4) is 0 Å². The van der Waals surface area contributed by atoms with Gasteiger partial charge < -0.3 is 15.1 Å². The largest absolute Gasteiger partial charge is 0.423 e. The molecule has 0 bridgehead atoms. The third-order valence-corrected chi connectivity index (χ3v) is 4.14. The number of urea groups is 1. The van der Waals surface area contributed by atoms with E-state index >= 15 is 0 Å². The van der Waals surface area contributed by atoms with E-state index in [9.17, 15) is 4.79 Å².